The number of hydrogen-bond donors (Lipinski definition) is 1. The van der Waals surface area contributed by atoms with Gasteiger partial charge in [-0.3, -0.25) is 13.8 Å². The van der Waals surface area contributed by atoms with Crippen LogP contribution in [0.5, 0.6) is 0 Å². The fourth-order valence-electron chi connectivity index (χ4n) is 3.04. The van der Waals surface area contributed by atoms with Crippen molar-refractivity contribution in [3.63, 3.8) is 0 Å². The van der Waals surface area contributed by atoms with Gasteiger partial charge in [0.15, 0.2) is 0 Å². The summed E-state index contributed by atoms with van der Waals surface area (Å²) < 4.78 is 28.8. The predicted octanol–water partition coefficient (Wildman–Crippen LogP) is 1.65. The summed E-state index contributed by atoms with van der Waals surface area (Å²) in [5.74, 6) is -0.891. The van der Waals surface area contributed by atoms with E-state index in [1.54, 1.807) is 13.1 Å². The number of benzene rings is 1. The number of carboxylic acid groups (broad SMARTS) is 1. The molecule has 128 valence electrons. The topological polar surface area (TPSA) is 92.5 Å². The van der Waals surface area contributed by atoms with Crippen LogP contribution in [0.25, 0.3) is 0 Å². The Balaban J connectivity index is 1.97. The van der Waals surface area contributed by atoms with Crippen LogP contribution in [0.1, 0.15) is 18.4 Å². The first-order valence-electron chi connectivity index (χ1n) is 7.69. The molecule has 1 aromatic heterocycles. The number of carboxylic acids is 1. The molecule has 0 bridgehead atoms. The second-order valence-electron chi connectivity index (χ2n) is 6.02. The average Bonchev–Trinajstić information content (AvgIpc) is 2.99. The predicted molar refractivity (Wildman–Crippen MR) is 88.2 cm³/mol. The third-order valence-corrected chi connectivity index (χ3v) is 5.96. The molecule has 1 aliphatic rings. The molecule has 3 rings (SSSR count). The monoisotopic (exact) mass is 349 g/mol. The summed E-state index contributed by atoms with van der Waals surface area (Å²) in [7, 11) is -2.06. The summed E-state index contributed by atoms with van der Waals surface area (Å²) >= 11 is 0. The van der Waals surface area contributed by atoms with Crippen molar-refractivity contribution >= 4 is 21.7 Å². The number of aryl methyl sites for hydroxylation is 1. The van der Waals surface area contributed by atoms with Crippen molar-refractivity contribution in [2.24, 2.45) is 13.0 Å². The molecule has 0 saturated heterocycles. The van der Waals surface area contributed by atoms with Crippen molar-refractivity contribution in [3.05, 3.63) is 42.2 Å². The molecule has 1 atom stereocenters. The molecule has 2 heterocycles. The molecule has 1 aromatic carbocycles. The number of aliphatic carboxylic acids is 1. The van der Waals surface area contributed by atoms with Gasteiger partial charge in [-0.25, -0.2) is 8.42 Å². The van der Waals surface area contributed by atoms with Crippen LogP contribution in [0.3, 0.4) is 0 Å². The number of anilines is 1. The van der Waals surface area contributed by atoms with Gasteiger partial charge >= 0.3 is 5.97 Å². The highest BCUT2D eigenvalue weighted by atomic mass is 32.2. The summed E-state index contributed by atoms with van der Waals surface area (Å²) in [6.45, 7) is 0.279. The first-order valence-corrected chi connectivity index (χ1v) is 9.13. The van der Waals surface area contributed by atoms with Gasteiger partial charge in [0.2, 0.25) is 0 Å². The molecule has 0 aliphatic carbocycles. The van der Waals surface area contributed by atoms with Gasteiger partial charge in [0.05, 0.1) is 11.9 Å². The summed E-state index contributed by atoms with van der Waals surface area (Å²) in [6, 6.07) is 7.36. The van der Waals surface area contributed by atoms with E-state index in [0.717, 1.165) is 5.56 Å². The van der Waals surface area contributed by atoms with E-state index in [9.17, 15) is 13.2 Å². The Morgan fingerprint density at radius 1 is 1.38 bits per heavy atom. The minimum absolute atomic E-state index is 0.0255. The second kappa shape index (κ2) is 6.27. The Hall–Kier alpha value is -2.35. The van der Waals surface area contributed by atoms with E-state index in [4.69, 9.17) is 5.11 Å². The Kier molecular flexibility index (Phi) is 4.31. The quantitative estimate of drug-likeness (QED) is 0.886. The first kappa shape index (κ1) is 16.5. The van der Waals surface area contributed by atoms with Gasteiger partial charge in [-0.1, -0.05) is 18.2 Å². The molecular weight excluding hydrogens is 330 g/mol. The van der Waals surface area contributed by atoms with Gasteiger partial charge in [-0.05, 0) is 30.4 Å². The zero-order valence-electron chi connectivity index (χ0n) is 13.3. The zero-order chi connectivity index (χ0) is 17.3. The fraction of sp³-hybridized carbons (Fsp3) is 0.375. The molecule has 0 fully saturated rings. The normalized spacial score (nSPS) is 17.5. The summed E-state index contributed by atoms with van der Waals surface area (Å²) in [4.78, 5) is 11.0. The second-order valence-corrected chi connectivity index (χ2v) is 7.88. The number of nitrogens with zero attached hydrogens (tertiary/aromatic N) is 3. The Labute approximate surface area is 140 Å². The molecule has 1 aliphatic heterocycles. The minimum Gasteiger partial charge on any atom is -0.481 e. The first-order chi connectivity index (χ1) is 11.4. The van der Waals surface area contributed by atoms with E-state index in [-0.39, 0.29) is 23.8 Å². The molecule has 7 nitrogen and oxygen atoms in total. The van der Waals surface area contributed by atoms with Gasteiger partial charge in [0.1, 0.15) is 4.90 Å². The van der Waals surface area contributed by atoms with Crippen LogP contribution in [0.4, 0.5) is 5.69 Å². The number of hydrogen-bond acceptors (Lipinski definition) is 4. The van der Waals surface area contributed by atoms with E-state index in [1.165, 1.54) is 21.4 Å². The van der Waals surface area contributed by atoms with Crippen LogP contribution in [-0.2, 0) is 28.3 Å². The lowest BCUT2D eigenvalue weighted by Crippen LogP contribution is -2.40. The summed E-state index contributed by atoms with van der Waals surface area (Å²) in [5, 5.41) is 12.8. The van der Waals surface area contributed by atoms with E-state index >= 15 is 0 Å². The number of sulfonamides is 1. The number of aromatic nitrogens is 2. The lowest BCUT2D eigenvalue weighted by Gasteiger charge is -2.34. The third kappa shape index (κ3) is 3.14. The lowest BCUT2D eigenvalue weighted by atomic mass is 9.90. The van der Waals surface area contributed by atoms with Crippen LogP contribution in [0.15, 0.2) is 41.6 Å². The molecule has 0 spiro atoms. The molecule has 0 amide bonds. The maximum atomic E-state index is 13.0. The molecule has 24 heavy (non-hydrogen) atoms. The third-order valence-electron chi connectivity index (χ3n) is 4.23. The lowest BCUT2D eigenvalue weighted by molar-refractivity contribution is -0.137. The van der Waals surface area contributed by atoms with E-state index in [2.05, 4.69) is 5.10 Å². The van der Waals surface area contributed by atoms with Crippen molar-refractivity contribution < 1.29 is 18.3 Å². The molecule has 0 radical (unpaired) electrons. The molecule has 0 saturated carbocycles. The molecule has 2 aromatic rings. The Morgan fingerprint density at radius 3 is 2.79 bits per heavy atom. The smallest absolute Gasteiger partial charge is 0.303 e. The average molecular weight is 349 g/mol. The fourth-order valence-corrected chi connectivity index (χ4v) is 4.61. The van der Waals surface area contributed by atoms with Crippen LogP contribution in [-0.4, -0.2) is 35.8 Å². The van der Waals surface area contributed by atoms with E-state index < -0.39 is 16.0 Å². The van der Waals surface area contributed by atoms with Crippen molar-refractivity contribution in [1.82, 2.24) is 9.78 Å². The summed E-state index contributed by atoms with van der Waals surface area (Å²) in [5.41, 5.74) is 1.58. The van der Waals surface area contributed by atoms with Gasteiger partial charge < -0.3 is 5.11 Å². The molecule has 1 N–H and O–H groups in total. The van der Waals surface area contributed by atoms with Gasteiger partial charge in [-0.2, -0.15) is 5.10 Å². The highest BCUT2D eigenvalue weighted by molar-refractivity contribution is 7.92. The molecular formula is C16H19N3O4S. The van der Waals surface area contributed by atoms with Crippen molar-refractivity contribution in [2.75, 3.05) is 10.8 Å². The van der Waals surface area contributed by atoms with Crippen molar-refractivity contribution in [3.8, 4) is 0 Å². The van der Waals surface area contributed by atoms with Crippen LogP contribution < -0.4 is 4.31 Å². The van der Waals surface area contributed by atoms with Crippen LogP contribution in [0, 0.1) is 5.92 Å². The Morgan fingerprint density at radius 2 is 2.12 bits per heavy atom. The highest BCUT2D eigenvalue weighted by Gasteiger charge is 2.33. The van der Waals surface area contributed by atoms with Gasteiger partial charge in [0, 0.05) is 26.2 Å². The van der Waals surface area contributed by atoms with Gasteiger partial charge in [0.25, 0.3) is 10.0 Å². The molecule has 1 unspecified atom stereocenters. The Bertz CT molecular complexity index is 860. The number of para-hydroxylation sites is 1. The maximum Gasteiger partial charge on any atom is 0.303 e. The largest absolute Gasteiger partial charge is 0.481 e. The minimum atomic E-state index is -3.72. The highest BCUT2D eigenvalue weighted by Crippen LogP contribution is 2.35. The van der Waals surface area contributed by atoms with Crippen molar-refractivity contribution in [1.29, 1.82) is 0 Å². The molecule has 8 heteroatoms. The SMILES string of the molecule is Cn1cc(S(=O)(=O)N2CC(CCC(=O)O)Cc3ccccc32)cn1. The standard InChI is InChI=1S/C16H19N3O4S/c1-18-11-14(9-17-18)24(22,23)19-10-12(6-7-16(20)21)8-13-4-2-3-5-15(13)19/h2-5,9,11-12H,6-8,10H2,1H3,(H,20,21). The number of fused-ring (bicyclic) bond motifs is 1. The summed E-state index contributed by atoms with van der Waals surface area (Å²) in [6.07, 6.45) is 3.97. The number of carbonyl (C=O) groups is 1. The van der Waals surface area contributed by atoms with E-state index in [0.29, 0.717) is 18.5 Å². The zero-order valence-corrected chi connectivity index (χ0v) is 14.1. The van der Waals surface area contributed by atoms with Crippen LogP contribution >= 0.6 is 0 Å². The van der Waals surface area contributed by atoms with E-state index in [1.807, 2.05) is 18.2 Å². The van der Waals surface area contributed by atoms with Crippen LogP contribution in [0.2, 0.25) is 0 Å². The van der Waals surface area contributed by atoms with Gasteiger partial charge in [-0.15, -0.1) is 0 Å². The number of rotatable bonds is 5. The maximum absolute atomic E-state index is 13.0. The van der Waals surface area contributed by atoms with Crippen molar-refractivity contribution in [2.45, 2.75) is 24.2 Å².